The first-order chi connectivity index (χ1) is 33.7. The van der Waals surface area contributed by atoms with Gasteiger partial charge >= 0.3 is 0 Å². The molecular formula is C64H41N3O. The van der Waals surface area contributed by atoms with Crippen molar-refractivity contribution in [2.24, 2.45) is 0 Å². The summed E-state index contributed by atoms with van der Waals surface area (Å²) in [5, 5.41) is 2.01. The van der Waals surface area contributed by atoms with Crippen molar-refractivity contribution in [3.05, 3.63) is 248 Å². The van der Waals surface area contributed by atoms with Crippen LogP contribution in [0, 0.1) is 0 Å². The Bertz CT molecular complexity index is 3860. The molecular weight excluding hydrogens is 827 g/mol. The predicted octanol–water partition coefficient (Wildman–Crippen LogP) is 16.7. The molecule has 318 valence electrons. The fraction of sp³-hybridized carbons (Fsp3) is 0.0156. The minimum atomic E-state index is 0.577. The van der Waals surface area contributed by atoms with Crippen LogP contribution in [0.5, 0.6) is 0 Å². The highest BCUT2D eigenvalue weighted by atomic mass is 16.3. The molecule has 0 saturated heterocycles. The van der Waals surface area contributed by atoms with Gasteiger partial charge in [0.1, 0.15) is 11.2 Å². The Kier molecular flexibility index (Phi) is 9.54. The molecule has 0 aliphatic heterocycles. The van der Waals surface area contributed by atoms with Crippen molar-refractivity contribution in [2.45, 2.75) is 6.42 Å². The van der Waals surface area contributed by atoms with Gasteiger partial charge < -0.3 is 4.42 Å². The maximum atomic E-state index is 6.56. The van der Waals surface area contributed by atoms with Crippen LogP contribution in [0.25, 0.3) is 123 Å². The lowest BCUT2D eigenvalue weighted by atomic mass is 9.94. The van der Waals surface area contributed by atoms with Crippen LogP contribution in [0.2, 0.25) is 0 Å². The molecule has 0 fully saturated rings. The third-order valence-electron chi connectivity index (χ3n) is 13.4. The van der Waals surface area contributed by atoms with Crippen molar-refractivity contribution in [1.29, 1.82) is 0 Å². The molecule has 0 atom stereocenters. The Hall–Kier alpha value is -8.99. The molecule has 0 radical (unpaired) electrons. The monoisotopic (exact) mass is 867 g/mol. The van der Waals surface area contributed by atoms with E-state index in [1.54, 1.807) is 0 Å². The van der Waals surface area contributed by atoms with Gasteiger partial charge in [-0.15, -0.1) is 0 Å². The minimum Gasteiger partial charge on any atom is -0.456 e. The number of fused-ring (bicyclic) bond motifs is 6. The molecule has 0 bridgehead atoms. The molecule has 4 nitrogen and oxygen atoms in total. The Morgan fingerprint density at radius 2 is 0.676 bits per heavy atom. The Morgan fingerprint density at radius 1 is 0.265 bits per heavy atom. The summed E-state index contributed by atoms with van der Waals surface area (Å²) >= 11 is 0. The highest BCUT2D eigenvalue weighted by Crippen LogP contribution is 2.43. The van der Waals surface area contributed by atoms with Crippen LogP contribution in [0.3, 0.4) is 0 Å². The first-order valence-electron chi connectivity index (χ1n) is 23.1. The Morgan fingerprint density at radius 3 is 1.37 bits per heavy atom. The molecule has 2 heterocycles. The second-order valence-corrected chi connectivity index (χ2v) is 17.5. The molecule has 12 aromatic rings. The first kappa shape index (κ1) is 39.4. The lowest BCUT2D eigenvalue weighted by molar-refractivity contribution is 0.669. The molecule has 2 aromatic heterocycles. The normalized spacial score (nSPS) is 11.8. The standard InChI is InChI=1S/C64H41N3O/c1-3-14-41(15-4-1)47-19-9-20-48(38-47)43-32-36-46(37-33-43)62-65-63(67-64(66-62)56-27-13-29-59-61(56)60-54(25-12-28-58(60)68-59)44-16-5-2-6-17-44)51-22-10-21-49(39-51)42-30-34-45(35-31-42)52-24-11-26-55-53-23-8-7-18-50(53)40-57(52)55/h1-39H,40H2. The van der Waals surface area contributed by atoms with Crippen molar-refractivity contribution in [3.8, 4) is 101 Å². The van der Waals surface area contributed by atoms with Gasteiger partial charge in [0.05, 0.1) is 0 Å². The zero-order valence-electron chi connectivity index (χ0n) is 37.0. The van der Waals surface area contributed by atoms with Gasteiger partial charge in [0.15, 0.2) is 17.5 Å². The van der Waals surface area contributed by atoms with Crippen molar-refractivity contribution < 1.29 is 4.42 Å². The average molecular weight is 868 g/mol. The van der Waals surface area contributed by atoms with Crippen molar-refractivity contribution >= 4 is 21.9 Å². The van der Waals surface area contributed by atoms with Crippen LogP contribution in [-0.2, 0) is 6.42 Å². The van der Waals surface area contributed by atoms with Gasteiger partial charge in [-0.2, -0.15) is 0 Å². The van der Waals surface area contributed by atoms with Crippen LogP contribution in [0.15, 0.2) is 241 Å². The van der Waals surface area contributed by atoms with E-state index in [-0.39, 0.29) is 0 Å². The van der Waals surface area contributed by atoms with Crippen molar-refractivity contribution in [3.63, 3.8) is 0 Å². The van der Waals surface area contributed by atoms with E-state index < -0.39 is 0 Å². The smallest absolute Gasteiger partial charge is 0.164 e. The number of benzene rings is 10. The largest absolute Gasteiger partial charge is 0.456 e. The molecule has 0 saturated carbocycles. The maximum absolute atomic E-state index is 6.56. The molecule has 4 heteroatoms. The third kappa shape index (κ3) is 6.99. The zero-order valence-corrected chi connectivity index (χ0v) is 37.0. The fourth-order valence-corrected chi connectivity index (χ4v) is 10.1. The van der Waals surface area contributed by atoms with E-state index in [0.29, 0.717) is 17.5 Å². The summed E-state index contributed by atoms with van der Waals surface area (Å²) in [5.41, 5.74) is 21.3. The molecule has 10 aromatic carbocycles. The van der Waals surface area contributed by atoms with E-state index >= 15 is 0 Å². The number of aromatic nitrogens is 3. The van der Waals surface area contributed by atoms with E-state index in [4.69, 9.17) is 19.4 Å². The molecule has 0 unspecified atom stereocenters. The summed E-state index contributed by atoms with van der Waals surface area (Å²) in [4.78, 5) is 15.8. The van der Waals surface area contributed by atoms with Gasteiger partial charge in [0.25, 0.3) is 0 Å². The topological polar surface area (TPSA) is 51.8 Å². The summed E-state index contributed by atoms with van der Waals surface area (Å²) in [6.07, 6.45) is 0.952. The molecule has 0 spiro atoms. The number of furan rings is 1. The Balaban J connectivity index is 0.917. The fourth-order valence-electron chi connectivity index (χ4n) is 10.1. The zero-order chi connectivity index (χ0) is 45.0. The van der Waals surface area contributed by atoms with Gasteiger partial charge in [0.2, 0.25) is 0 Å². The van der Waals surface area contributed by atoms with Crippen LogP contribution in [0.4, 0.5) is 0 Å². The summed E-state index contributed by atoms with van der Waals surface area (Å²) < 4.78 is 6.56. The summed E-state index contributed by atoms with van der Waals surface area (Å²) in [6, 6.07) is 83.6. The summed E-state index contributed by atoms with van der Waals surface area (Å²) in [5.74, 6) is 1.76. The molecule has 1 aliphatic rings. The van der Waals surface area contributed by atoms with Crippen molar-refractivity contribution in [1.82, 2.24) is 15.0 Å². The van der Waals surface area contributed by atoms with Crippen LogP contribution < -0.4 is 0 Å². The number of rotatable bonds is 8. The molecule has 13 rings (SSSR count). The average Bonchev–Trinajstić information content (AvgIpc) is 4.01. The molecule has 0 N–H and O–H groups in total. The second kappa shape index (κ2) is 16.5. The Labute approximate surface area is 394 Å². The van der Waals surface area contributed by atoms with E-state index in [1.807, 2.05) is 24.3 Å². The van der Waals surface area contributed by atoms with Gasteiger partial charge in [-0.25, -0.2) is 15.0 Å². The number of nitrogens with zero attached hydrogens (tertiary/aromatic N) is 3. The van der Waals surface area contributed by atoms with Gasteiger partial charge in [-0.05, 0) is 109 Å². The maximum Gasteiger partial charge on any atom is 0.164 e. The van der Waals surface area contributed by atoms with Crippen molar-refractivity contribution in [2.75, 3.05) is 0 Å². The number of hydrogen-bond donors (Lipinski definition) is 0. The van der Waals surface area contributed by atoms with Gasteiger partial charge in [0, 0.05) is 27.5 Å². The predicted molar refractivity (Wildman–Crippen MR) is 279 cm³/mol. The molecule has 68 heavy (non-hydrogen) atoms. The van der Waals surface area contributed by atoms with Gasteiger partial charge in [-0.3, -0.25) is 0 Å². The van der Waals surface area contributed by atoms with E-state index in [0.717, 1.165) is 78.4 Å². The number of hydrogen-bond acceptors (Lipinski definition) is 4. The quantitative estimate of drug-likeness (QED) is 0.153. The summed E-state index contributed by atoms with van der Waals surface area (Å²) in [6.45, 7) is 0. The molecule has 0 amide bonds. The third-order valence-corrected chi connectivity index (χ3v) is 13.4. The van der Waals surface area contributed by atoms with Gasteiger partial charge in [-0.1, -0.05) is 212 Å². The lowest BCUT2D eigenvalue weighted by Crippen LogP contribution is -2.00. The van der Waals surface area contributed by atoms with Crippen LogP contribution in [0.1, 0.15) is 11.1 Å². The second-order valence-electron chi connectivity index (χ2n) is 17.5. The summed E-state index contributed by atoms with van der Waals surface area (Å²) in [7, 11) is 0. The SMILES string of the molecule is c1ccc(-c2cccc(-c3ccc(-c4nc(-c5cccc(-c6ccc(-c7cccc8c7Cc7ccccc7-8)cc6)c5)nc(-c5cccc6oc7cccc(-c8ccccc8)c7c56)n4)cc3)c2)cc1. The van der Waals surface area contributed by atoms with Crippen LogP contribution in [-0.4, -0.2) is 15.0 Å². The van der Waals surface area contributed by atoms with Crippen LogP contribution >= 0.6 is 0 Å². The highest BCUT2D eigenvalue weighted by Gasteiger charge is 2.23. The van der Waals surface area contributed by atoms with E-state index in [9.17, 15) is 0 Å². The highest BCUT2D eigenvalue weighted by molar-refractivity contribution is 6.17. The molecule has 1 aliphatic carbocycles. The first-order valence-corrected chi connectivity index (χ1v) is 23.1. The van der Waals surface area contributed by atoms with E-state index in [1.165, 1.54) is 44.5 Å². The minimum absolute atomic E-state index is 0.577. The lowest BCUT2D eigenvalue weighted by Gasteiger charge is -2.12. The van der Waals surface area contributed by atoms with E-state index in [2.05, 4.69) is 212 Å².